The van der Waals surface area contributed by atoms with E-state index in [4.69, 9.17) is 0 Å². The number of piperidine rings is 1. The van der Waals surface area contributed by atoms with Crippen LogP contribution in [-0.4, -0.2) is 35.6 Å². The summed E-state index contributed by atoms with van der Waals surface area (Å²) in [6.45, 7) is 5.50. The highest BCUT2D eigenvalue weighted by Crippen LogP contribution is 2.43. The topological polar surface area (TPSA) is 32.3 Å². The summed E-state index contributed by atoms with van der Waals surface area (Å²) in [7, 11) is 2.11. The third-order valence-electron chi connectivity index (χ3n) is 3.82. The van der Waals surface area contributed by atoms with Crippen LogP contribution < -0.4 is 5.43 Å². The van der Waals surface area contributed by atoms with Gasteiger partial charge in [-0.3, -0.25) is 0 Å². The Morgan fingerprint density at radius 1 is 1.54 bits per heavy atom. The molecule has 2 rings (SSSR count). The van der Waals surface area contributed by atoms with Crippen molar-refractivity contribution in [3.05, 3.63) is 0 Å². The highest BCUT2D eigenvalue weighted by molar-refractivity contribution is 4.86. The average Bonchev–Trinajstić information content (AvgIpc) is 1.97. The summed E-state index contributed by atoms with van der Waals surface area (Å²) in [5.41, 5.74) is 3.62. The molecular weight excluding hydrogens is 164 g/mol. The lowest BCUT2D eigenvalue weighted by Gasteiger charge is -2.55. The fraction of sp³-hybridized carbons (Fsp3) is 1.00. The van der Waals surface area contributed by atoms with Gasteiger partial charge in [0.05, 0.1) is 19.6 Å². The molecule has 2 saturated heterocycles. The molecule has 0 aromatic rings. The van der Waals surface area contributed by atoms with Gasteiger partial charge in [0.1, 0.15) is 0 Å². The number of nitrogens with one attached hydrogen (secondary N) is 1. The van der Waals surface area contributed by atoms with Gasteiger partial charge in [0.25, 0.3) is 0 Å². The third-order valence-corrected chi connectivity index (χ3v) is 3.82. The van der Waals surface area contributed by atoms with E-state index in [9.17, 15) is 5.11 Å². The SMILES string of the molecule is CC1CC2(C)CCC[N+](C)(N1)C2O. The number of fused-ring (bicyclic) bond motifs is 2. The van der Waals surface area contributed by atoms with Crippen LogP contribution in [0.1, 0.15) is 33.1 Å². The zero-order valence-corrected chi connectivity index (χ0v) is 8.88. The summed E-state index contributed by atoms with van der Waals surface area (Å²) < 4.78 is 0.650. The van der Waals surface area contributed by atoms with E-state index in [0.717, 1.165) is 13.0 Å². The maximum atomic E-state index is 10.2. The van der Waals surface area contributed by atoms with Crippen LogP contribution in [0.4, 0.5) is 0 Å². The largest absolute Gasteiger partial charge is 0.343 e. The minimum absolute atomic E-state index is 0.137. The smallest absolute Gasteiger partial charge is 0.213 e. The van der Waals surface area contributed by atoms with Crippen LogP contribution in [0, 0.1) is 5.41 Å². The molecule has 2 aliphatic rings. The summed E-state index contributed by atoms with van der Waals surface area (Å²) in [6.07, 6.45) is 3.28. The van der Waals surface area contributed by atoms with Gasteiger partial charge in [-0.25, -0.2) is 4.59 Å². The van der Waals surface area contributed by atoms with Gasteiger partial charge in [-0.1, -0.05) is 6.92 Å². The zero-order chi connectivity index (χ0) is 9.69. The first-order chi connectivity index (χ1) is 5.96. The predicted octanol–water partition coefficient (Wildman–Crippen LogP) is 0.848. The Morgan fingerprint density at radius 2 is 2.23 bits per heavy atom. The van der Waals surface area contributed by atoms with Gasteiger partial charge >= 0.3 is 0 Å². The van der Waals surface area contributed by atoms with E-state index in [1.54, 1.807) is 0 Å². The second-order valence-electron chi connectivity index (χ2n) is 5.36. The predicted molar refractivity (Wildman–Crippen MR) is 51.6 cm³/mol. The fourth-order valence-corrected chi connectivity index (χ4v) is 3.34. The maximum absolute atomic E-state index is 10.2. The molecule has 0 radical (unpaired) electrons. The number of hydrogen-bond acceptors (Lipinski definition) is 2. The number of hydrogen-bond donors (Lipinski definition) is 2. The lowest BCUT2D eigenvalue weighted by Crippen LogP contribution is -2.74. The van der Waals surface area contributed by atoms with Crippen LogP contribution in [0.3, 0.4) is 0 Å². The van der Waals surface area contributed by atoms with Crippen molar-refractivity contribution in [2.45, 2.75) is 45.4 Å². The zero-order valence-electron chi connectivity index (χ0n) is 8.88. The van der Waals surface area contributed by atoms with Crippen molar-refractivity contribution < 1.29 is 9.70 Å². The molecular formula is C10H21N2O+. The lowest BCUT2D eigenvalue weighted by atomic mass is 9.73. The highest BCUT2D eigenvalue weighted by atomic mass is 16.3. The lowest BCUT2D eigenvalue weighted by molar-refractivity contribution is -1.01. The molecule has 4 atom stereocenters. The Bertz CT molecular complexity index is 201. The fourth-order valence-electron chi connectivity index (χ4n) is 3.34. The summed E-state index contributed by atoms with van der Waals surface area (Å²) in [4.78, 5) is 0. The second-order valence-corrected chi connectivity index (χ2v) is 5.36. The van der Waals surface area contributed by atoms with E-state index < -0.39 is 0 Å². The van der Waals surface area contributed by atoms with Crippen molar-refractivity contribution in [1.82, 2.24) is 5.43 Å². The van der Waals surface area contributed by atoms with Gasteiger partial charge in [-0.05, 0) is 26.2 Å². The van der Waals surface area contributed by atoms with Crippen LogP contribution in [-0.2, 0) is 0 Å². The molecule has 0 amide bonds. The molecule has 0 aromatic carbocycles. The standard InChI is InChI=1S/C10H21N2O/c1-8-7-10(2)5-4-6-12(3,11-8)9(10)13/h8-9,11,13H,4-7H2,1-3H3/q+1. The molecule has 0 aromatic heterocycles. The molecule has 2 N–H and O–H groups in total. The highest BCUT2D eigenvalue weighted by Gasteiger charge is 2.54. The number of nitrogens with zero attached hydrogens (tertiary/aromatic N) is 1. The Labute approximate surface area is 80.3 Å². The summed E-state index contributed by atoms with van der Waals surface area (Å²) in [5, 5.41) is 10.2. The van der Waals surface area contributed by atoms with E-state index in [1.165, 1.54) is 12.8 Å². The molecule has 13 heavy (non-hydrogen) atoms. The van der Waals surface area contributed by atoms with Crippen LogP contribution >= 0.6 is 0 Å². The van der Waals surface area contributed by atoms with E-state index in [1.807, 2.05) is 0 Å². The van der Waals surface area contributed by atoms with Crippen molar-refractivity contribution in [2.24, 2.45) is 5.41 Å². The molecule has 2 aliphatic heterocycles. The molecule has 2 fully saturated rings. The van der Waals surface area contributed by atoms with E-state index in [2.05, 4.69) is 26.3 Å². The van der Waals surface area contributed by atoms with E-state index >= 15 is 0 Å². The van der Waals surface area contributed by atoms with Crippen molar-refractivity contribution in [1.29, 1.82) is 0 Å². The van der Waals surface area contributed by atoms with Gasteiger partial charge in [0, 0.05) is 5.41 Å². The monoisotopic (exact) mass is 185 g/mol. The molecule has 0 spiro atoms. The molecule has 4 unspecified atom stereocenters. The number of aliphatic hydroxyl groups excluding tert-OH is 1. The molecule has 3 nitrogen and oxygen atoms in total. The quantitative estimate of drug-likeness (QED) is 0.548. The molecule has 76 valence electrons. The Morgan fingerprint density at radius 3 is 2.85 bits per heavy atom. The van der Waals surface area contributed by atoms with E-state index in [-0.39, 0.29) is 11.6 Å². The first kappa shape index (κ1) is 9.44. The van der Waals surface area contributed by atoms with Crippen molar-refractivity contribution in [3.8, 4) is 0 Å². The average molecular weight is 185 g/mol. The minimum atomic E-state index is -0.225. The Hall–Kier alpha value is -0.120. The first-order valence-electron chi connectivity index (χ1n) is 5.27. The van der Waals surface area contributed by atoms with Gasteiger partial charge in [-0.2, -0.15) is 5.43 Å². The summed E-state index contributed by atoms with van der Waals surface area (Å²) in [5.74, 6) is 0. The van der Waals surface area contributed by atoms with Gasteiger partial charge in [0.15, 0.2) is 0 Å². The first-order valence-corrected chi connectivity index (χ1v) is 5.27. The van der Waals surface area contributed by atoms with Gasteiger partial charge in [0.2, 0.25) is 6.23 Å². The Balaban J connectivity index is 2.29. The number of quaternary nitrogens is 1. The molecule has 2 bridgehead atoms. The summed E-state index contributed by atoms with van der Waals surface area (Å²) >= 11 is 0. The molecule has 3 heteroatoms. The molecule has 2 heterocycles. The van der Waals surface area contributed by atoms with Crippen molar-refractivity contribution >= 4 is 0 Å². The number of rotatable bonds is 0. The van der Waals surface area contributed by atoms with Crippen molar-refractivity contribution in [3.63, 3.8) is 0 Å². The Kier molecular flexibility index (Phi) is 1.95. The second kappa shape index (κ2) is 2.69. The molecule has 0 aliphatic carbocycles. The summed E-state index contributed by atoms with van der Waals surface area (Å²) in [6, 6.07) is 0.527. The minimum Gasteiger partial charge on any atom is -0.343 e. The van der Waals surface area contributed by atoms with Crippen LogP contribution in [0.2, 0.25) is 0 Å². The van der Waals surface area contributed by atoms with Crippen molar-refractivity contribution in [2.75, 3.05) is 13.6 Å². The molecule has 0 saturated carbocycles. The normalized spacial score (nSPS) is 56.3. The number of aliphatic hydroxyl groups is 1. The van der Waals surface area contributed by atoms with E-state index in [0.29, 0.717) is 10.6 Å². The van der Waals surface area contributed by atoms with Gasteiger partial charge < -0.3 is 5.11 Å². The van der Waals surface area contributed by atoms with Crippen LogP contribution in [0.25, 0.3) is 0 Å². The van der Waals surface area contributed by atoms with Gasteiger partial charge in [-0.15, -0.1) is 0 Å². The maximum Gasteiger partial charge on any atom is 0.213 e. The van der Waals surface area contributed by atoms with Crippen LogP contribution in [0.5, 0.6) is 0 Å². The third kappa shape index (κ3) is 1.30. The van der Waals surface area contributed by atoms with Crippen LogP contribution in [0.15, 0.2) is 0 Å².